The maximum Gasteiger partial charge on any atom is 0.0748 e. The molecule has 1 aliphatic heterocycles. The van der Waals surface area contributed by atoms with Crippen LogP contribution in [0.4, 0.5) is 5.69 Å². The molecule has 1 saturated heterocycles. The van der Waals surface area contributed by atoms with E-state index in [-0.39, 0.29) is 12.7 Å². The van der Waals surface area contributed by atoms with Gasteiger partial charge in [-0.05, 0) is 12.5 Å². The Bertz CT molecular complexity index is 384. The maximum atomic E-state index is 9.38. The van der Waals surface area contributed by atoms with E-state index in [1.165, 1.54) is 0 Å². The van der Waals surface area contributed by atoms with Crippen LogP contribution in [-0.2, 0) is 11.3 Å². The first-order valence-corrected chi connectivity index (χ1v) is 6.38. The van der Waals surface area contributed by atoms with Gasteiger partial charge in [-0.15, -0.1) is 0 Å². The van der Waals surface area contributed by atoms with Crippen molar-refractivity contribution in [1.82, 2.24) is 0 Å². The second kappa shape index (κ2) is 5.71. The van der Waals surface area contributed by atoms with Crippen molar-refractivity contribution in [3.05, 3.63) is 28.8 Å². The molecule has 2 rings (SSSR count). The largest absolute Gasteiger partial charge is 0.392 e. The molecule has 0 spiro atoms. The molecule has 4 heteroatoms. The summed E-state index contributed by atoms with van der Waals surface area (Å²) < 4.78 is 5.64. The van der Waals surface area contributed by atoms with Crippen molar-refractivity contribution in [2.75, 3.05) is 24.6 Å². The molecule has 94 valence electrons. The average Bonchev–Trinajstić information content (AvgIpc) is 2.38. The Hall–Kier alpha value is -0.770. The quantitative estimate of drug-likeness (QED) is 0.901. The predicted octanol–water partition coefficient (Wildman–Crippen LogP) is 2.45. The summed E-state index contributed by atoms with van der Waals surface area (Å²) in [5.74, 6) is 0. The van der Waals surface area contributed by atoms with Gasteiger partial charge < -0.3 is 14.7 Å². The average molecular weight is 256 g/mol. The number of morpholine rings is 1. The lowest BCUT2D eigenvalue weighted by molar-refractivity contribution is 0.0383. The van der Waals surface area contributed by atoms with Crippen molar-refractivity contribution < 1.29 is 9.84 Å². The molecule has 1 unspecified atom stereocenters. The number of hydrogen-bond donors (Lipinski definition) is 1. The minimum absolute atomic E-state index is 0.0179. The Kier molecular flexibility index (Phi) is 4.26. The summed E-state index contributed by atoms with van der Waals surface area (Å²) in [5, 5.41) is 10.1. The molecule has 1 heterocycles. The third-order valence-electron chi connectivity index (χ3n) is 3.15. The van der Waals surface area contributed by atoms with Gasteiger partial charge in [-0.25, -0.2) is 0 Å². The van der Waals surface area contributed by atoms with Crippen LogP contribution in [0.25, 0.3) is 0 Å². The lowest BCUT2D eigenvalue weighted by Crippen LogP contribution is -2.42. The van der Waals surface area contributed by atoms with E-state index in [0.29, 0.717) is 11.6 Å². The summed E-state index contributed by atoms with van der Waals surface area (Å²) in [5.41, 5.74) is 1.84. The van der Waals surface area contributed by atoms with Crippen molar-refractivity contribution in [3.63, 3.8) is 0 Å². The van der Waals surface area contributed by atoms with Crippen LogP contribution < -0.4 is 4.90 Å². The van der Waals surface area contributed by atoms with Crippen LogP contribution >= 0.6 is 11.6 Å². The molecule has 1 fully saturated rings. The van der Waals surface area contributed by atoms with Gasteiger partial charge >= 0.3 is 0 Å². The molecule has 0 amide bonds. The first-order valence-electron chi connectivity index (χ1n) is 6.01. The minimum atomic E-state index is 0.0179. The number of halogens is 1. The van der Waals surface area contributed by atoms with E-state index in [0.717, 1.165) is 30.8 Å². The fourth-order valence-electron chi connectivity index (χ4n) is 2.21. The molecule has 3 nitrogen and oxygen atoms in total. The SMILES string of the molecule is CCC1CN(c2c(Cl)cccc2CO)CCO1. The highest BCUT2D eigenvalue weighted by Gasteiger charge is 2.22. The molecule has 0 saturated carbocycles. The zero-order chi connectivity index (χ0) is 12.3. The number of hydrogen-bond acceptors (Lipinski definition) is 3. The van der Waals surface area contributed by atoms with Crippen molar-refractivity contribution in [3.8, 4) is 0 Å². The van der Waals surface area contributed by atoms with E-state index >= 15 is 0 Å². The van der Waals surface area contributed by atoms with Crippen molar-refractivity contribution in [1.29, 1.82) is 0 Å². The number of rotatable bonds is 3. The summed E-state index contributed by atoms with van der Waals surface area (Å²) in [4.78, 5) is 2.21. The van der Waals surface area contributed by atoms with Gasteiger partial charge in [0.05, 0.1) is 30.0 Å². The zero-order valence-corrected chi connectivity index (χ0v) is 10.8. The zero-order valence-electron chi connectivity index (χ0n) is 10.0. The Morgan fingerprint density at radius 2 is 2.35 bits per heavy atom. The molecule has 0 aliphatic carbocycles. The Morgan fingerprint density at radius 1 is 1.53 bits per heavy atom. The molecule has 0 aromatic heterocycles. The number of ether oxygens (including phenoxy) is 1. The van der Waals surface area contributed by atoms with Crippen LogP contribution in [0.2, 0.25) is 5.02 Å². The van der Waals surface area contributed by atoms with Gasteiger partial charge in [0.2, 0.25) is 0 Å². The predicted molar refractivity (Wildman–Crippen MR) is 69.6 cm³/mol. The van der Waals surface area contributed by atoms with Crippen LogP contribution in [0, 0.1) is 0 Å². The molecule has 0 bridgehead atoms. The molecular formula is C13H18ClNO2. The molecule has 1 atom stereocenters. The number of anilines is 1. The van der Waals surface area contributed by atoms with Crippen LogP contribution in [0.3, 0.4) is 0 Å². The summed E-state index contributed by atoms with van der Waals surface area (Å²) in [6.45, 7) is 4.52. The van der Waals surface area contributed by atoms with Gasteiger partial charge in [0.15, 0.2) is 0 Å². The van der Waals surface area contributed by atoms with Crippen LogP contribution in [-0.4, -0.2) is 30.9 Å². The van der Waals surface area contributed by atoms with E-state index < -0.39 is 0 Å². The Morgan fingerprint density at radius 3 is 3.06 bits per heavy atom. The van der Waals surface area contributed by atoms with Gasteiger partial charge in [-0.3, -0.25) is 0 Å². The Balaban J connectivity index is 2.26. The third kappa shape index (κ3) is 2.73. The normalized spacial score (nSPS) is 20.6. The molecule has 17 heavy (non-hydrogen) atoms. The first-order chi connectivity index (χ1) is 8.26. The lowest BCUT2D eigenvalue weighted by atomic mass is 10.1. The smallest absolute Gasteiger partial charge is 0.0748 e. The summed E-state index contributed by atoms with van der Waals surface area (Å²) in [6, 6.07) is 5.65. The van der Waals surface area contributed by atoms with E-state index in [4.69, 9.17) is 16.3 Å². The van der Waals surface area contributed by atoms with Gasteiger partial charge in [0.1, 0.15) is 0 Å². The van der Waals surface area contributed by atoms with Gasteiger partial charge in [-0.1, -0.05) is 30.7 Å². The van der Waals surface area contributed by atoms with Crippen molar-refractivity contribution >= 4 is 17.3 Å². The standard InChI is InChI=1S/C13H18ClNO2/c1-2-11-8-15(6-7-17-11)13-10(9-16)4-3-5-12(13)14/h3-5,11,16H,2,6-9H2,1H3. The third-order valence-corrected chi connectivity index (χ3v) is 3.46. The topological polar surface area (TPSA) is 32.7 Å². The van der Waals surface area contributed by atoms with Crippen LogP contribution in [0.5, 0.6) is 0 Å². The number of para-hydroxylation sites is 1. The fraction of sp³-hybridized carbons (Fsp3) is 0.538. The van der Waals surface area contributed by atoms with Gasteiger partial charge in [-0.2, -0.15) is 0 Å². The van der Waals surface area contributed by atoms with E-state index in [9.17, 15) is 5.11 Å². The molecule has 1 aromatic rings. The highest BCUT2D eigenvalue weighted by Crippen LogP contribution is 2.31. The Labute approximate surface area is 107 Å². The minimum Gasteiger partial charge on any atom is -0.392 e. The highest BCUT2D eigenvalue weighted by molar-refractivity contribution is 6.33. The van der Waals surface area contributed by atoms with E-state index in [1.807, 2.05) is 18.2 Å². The highest BCUT2D eigenvalue weighted by atomic mass is 35.5. The van der Waals surface area contributed by atoms with Crippen LogP contribution in [0.1, 0.15) is 18.9 Å². The first kappa shape index (κ1) is 12.7. The molecule has 1 aliphatic rings. The second-order valence-corrected chi connectivity index (χ2v) is 4.66. The molecule has 1 aromatic carbocycles. The summed E-state index contributed by atoms with van der Waals surface area (Å²) >= 11 is 6.24. The van der Waals surface area contributed by atoms with Crippen LogP contribution in [0.15, 0.2) is 18.2 Å². The van der Waals surface area contributed by atoms with E-state index in [2.05, 4.69) is 11.8 Å². The number of aliphatic hydroxyl groups excluding tert-OH is 1. The summed E-state index contributed by atoms with van der Waals surface area (Å²) in [6.07, 6.45) is 1.25. The molecule has 0 radical (unpaired) electrons. The summed E-state index contributed by atoms with van der Waals surface area (Å²) in [7, 11) is 0. The molecular weight excluding hydrogens is 238 g/mol. The maximum absolute atomic E-state index is 9.38. The fourth-order valence-corrected chi connectivity index (χ4v) is 2.52. The number of aliphatic hydroxyl groups is 1. The van der Waals surface area contributed by atoms with Crippen molar-refractivity contribution in [2.45, 2.75) is 26.1 Å². The monoisotopic (exact) mass is 255 g/mol. The second-order valence-electron chi connectivity index (χ2n) is 4.25. The lowest BCUT2D eigenvalue weighted by Gasteiger charge is -2.35. The number of benzene rings is 1. The van der Waals surface area contributed by atoms with E-state index in [1.54, 1.807) is 0 Å². The van der Waals surface area contributed by atoms with Crippen molar-refractivity contribution in [2.24, 2.45) is 0 Å². The van der Waals surface area contributed by atoms with Gasteiger partial charge in [0.25, 0.3) is 0 Å². The number of nitrogens with zero attached hydrogens (tertiary/aromatic N) is 1. The molecule has 1 N–H and O–H groups in total. The van der Waals surface area contributed by atoms with Gasteiger partial charge in [0, 0.05) is 18.7 Å².